The van der Waals surface area contributed by atoms with Crippen LogP contribution in [0.1, 0.15) is 41.8 Å². The SMILES string of the molecule is CCC(C(=O)OCc1ccccc1)n1cnc2sc3c(c2c1=O)CCC3. The Morgan fingerprint density at radius 2 is 2.12 bits per heavy atom. The van der Waals surface area contributed by atoms with E-state index in [2.05, 4.69) is 4.98 Å². The van der Waals surface area contributed by atoms with Crippen LogP contribution < -0.4 is 5.56 Å². The van der Waals surface area contributed by atoms with Crippen LogP contribution in [0, 0.1) is 0 Å². The van der Waals surface area contributed by atoms with Gasteiger partial charge in [0.2, 0.25) is 0 Å². The van der Waals surface area contributed by atoms with Crippen LogP contribution in [0.2, 0.25) is 0 Å². The van der Waals surface area contributed by atoms with Crippen LogP contribution in [0.15, 0.2) is 41.5 Å². The molecule has 0 saturated carbocycles. The summed E-state index contributed by atoms with van der Waals surface area (Å²) in [5.74, 6) is -0.397. The van der Waals surface area contributed by atoms with Gasteiger partial charge in [-0.15, -0.1) is 11.3 Å². The van der Waals surface area contributed by atoms with Crippen molar-refractivity contribution in [1.29, 1.82) is 0 Å². The van der Waals surface area contributed by atoms with E-state index >= 15 is 0 Å². The number of fused-ring (bicyclic) bond motifs is 3. The molecule has 2 aromatic heterocycles. The average molecular weight is 368 g/mol. The Bertz CT molecular complexity index is 1010. The fourth-order valence-electron chi connectivity index (χ4n) is 3.52. The fourth-order valence-corrected chi connectivity index (χ4v) is 4.74. The number of rotatable bonds is 5. The molecule has 1 aliphatic carbocycles. The first-order chi connectivity index (χ1) is 12.7. The van der Waals surface area contributed by atoms with Gasteiger partial charge in [-0.25, -0.2) is 9.78 Å². The van der Waals surface area contributed by atoms with Gasteiger partial charge in [-0.05, 0) is 36.8 Å². The summed E-state index contributed by atoms with van der Waals surface area (Å²) in [6.45, 7) is 2.08. The van der Waals surface area contributed by atoms with Crippen molar-refractivity contribution in [1.82, 2.24) is 9.55 Å². The minimum absolute atomic E-state index is 0.127. The van der Waals surface area contributed by atoms with E-state index in [4.69, 9.17) is 4.74 Å². The molecule has 1 aromatic carbocycles. The number of hydrogen-bond acceptors (Lipinski definition) is 5. The van der Waals surface area contributed by atoms with E-state index in [0.29, 0.717) is 11.8 Å². The quantitative estimate of drug-likeness (QED) is 0.645. The van der Waals surface area contributed by atoms with Crippen LogP contribution in [-0.4, -0.2) is 15.5 Å². The summed E-state index contributed by atoms with van der Waals surface area (Å²) in [5.41, 5.74) is 1.93. The lowest BCUT2D eigenvalue weighted by molar-refractivity contribution is -0.149. The van der Waals surface area contributed by atoms with Crippen molar-refractivity contribution in [2.45, 2.75) is 45.3 Å². The summed E-state index contributed by atoms with van der Waals surface area (Å²) in [5, 5.41) is 0.694. The molecule has 6 heteroatoms. The molecule has 1 atom stereocenters. The molecule has 0 N–H and O–H groups in total. The van der Waals surface area contributed by atoms with Gasteiger partial charge in [0.25, 0.3) is 5.56 Å². The Morgan fingerprint density at radius 1 is 1.31 bits per heavy atom. The molecule has 4 rings (SSSR count). The number of nitrogens with zero attached hydrogens (tertiary/aromatic N) is 2. The molecular formula is C20H20N2O3S. The lowest BCUT2D eigenvalue weighted by Gasteiger charge is -2.17. The lowest BCUT2D eigenvalue weighted by atomic mass is 10.2. The second-order valence-corrected chi connectivity index (χ2v) is 7.60. The minimum atomic E-state index is -0.653. The minimum Gasteiger partial charge on any atom is -0.459 e. The van der Waals surface area contributed by atoms with Crippen LogP contribution in [0.3, 0.4) is 0 Å². The van der Waals surface area contributed by atoms with Gasteiger partial charge in [-0.2, -0.15) is 0 Å². The highest BCUT2D eigenvalue weighted by molar-refractivity contribution is 7.18. The van der Waals surface area contributed by atoms with Crippen LogP contribution in [0.5, 0.6) is 0 Å². The van der Waals surface area contributed by atoms with E-state index in [1.165, 1.54) is 15.8 Å². The molecular weight excluding hydrogens is 348 g/mol. The first-order valence-electron chi connectivity index (χ1n) is 8.91. The van der Waals surface area contributed by atoms with E-state index in [1.807, 2.05) is 37.3 Å². The third kappa shape index (κ3) is 2.94. The van der Waals surface area contributed by atoms with Gasteiger partial charge in [0.05, 0.1) is 11.7 Å². The average Bonchev–Trinajstić information content (AvgIpc) is 3.24. The van der Waals surface area contributed by atoms with Gasteiger partial charge in [0.1, 0.15) is 17.5 Å². The van der Waals surface area contributed by atoms with Crippen LogP contribution in [-0.2, 0) is 29.0 Å². The highest BCUT2D eigenvalue weighted by Crippen LogP contribution is 2.34. The number of thiophene rings is 1. The number of aromatic nitrogens is 2. The second-order valence-electron chi connectivity index (χ2n) is 6.51. The number of carbonyl (C=O) groups is 1. The first-order valence-corrected chi connectivity index (χ1v) is 9.72. The molecule has 0 aliphatic heterocycles. The zero-order valence-electron chi connectivity index (χ0n) is 14.6. The van der Waals surface area contributed by atoms with Gasteiger partial charge in [0.15, 0.2) is 0 Å². The van der Waals surface area contributed by atoms with Crippen molar-refractivity contribution in [3.05, 3.63) is 63.0 Å². The highest BCUT2D eigenvalue weighted by Gasteiger charge is 2.26. The molecule has 2 heterocycles. The Balaban J connectivity index is 1.63. The van der Waals surface area contributed by atoms with Crippen LogP contribution >= 0.6 is 11.3 Å². The number of ether oxygens (including phenoxy) is 1. The second kappa shape index (κ2) is 7.03. The predicted octanol–water partition coefficient (Wildman–Crippen LogP) is 3.64. The normalized spacial score (nSPS) is 14.3. The van der Waals surface area contributed by atoms with Gasteiger partial charge in [0, 0.05) is 4.88 Å². The Hall–Kier alpha value is -2.47. The maximum absolute atomic E-state index is 13.1. The molecule has 5 nitrogen and oxygen atoms in total. The Morgan fingerprint density at radius 3 is 2.88 bits per heavy atom. The molecule has 26 heavy (non-hydrogen) atoms. The summed E-state index contributed by atoms with van der Waals surface area (Å²) in [4.78, 5) is 32.1. The van der Waals surface area contributed by atoms with Gasteiger partial charge in [-0.1, -0.05) is 37.3 Å². The van der Waals surface area contributed by atoms with Crippen molar-refractivity contribution >= 4 is 27.5 Å². The van der Waals surface area contributed by atoms with E-state index in [9.17, 15) is 9.59 Å². The standard InChI is InChI=1S/C20H20N2O3S/c1-2-15(20(24)25-11-13-7-4-3-5-8-13)22-12-21-18-17(19(22)23)14-9-6-10-16(14)26-18/h3-5,7-8,12,15H,2,6,9-11H2,1H3. The van der Waals surface area contributed by atoms with E-state index in [1.54, 1.807) is 11.3 Å². The molecule has 0 spiro atoms. The summed E-state index contributed by atoms with van der Waals surface area (Å²) in [7, 11) is 0. The van der Waals surface area contributed by atoms with Crippen molar-refractivity contribution in [2.24, 2.45) is 0 Å². The maximum Gasteiger partial charge on any atom is 0.329 e. The number of esters is 1. The summed E-state index contributed by atoms with van der Waals surface area (Å²) < 4.78 is 6.90. The van der Waals surface area contributed by atoms with Crippen LogP contribution in [0.4, 0.5) is 0 Å². The topological polar surface area (TPSA) is 61.2 Å². The Kier molecular flexibility index (Phi) is 4.59. The van der Waals surface area contributed by atoms with Gasteiger partial charge in [-0.3, -0.25) is 9.36 Å². The van der Waals surface area contributed by atoms with E-state index in [0.717, 1.165) is 35.2 Å². The van der Waals surface area contributed by atoms with E-state index < -0.39 is 12.0 Å². The zero-order chi connectivity index (χ0) is 18.1. The molecule has 1 aliphatic rings. The summed E-state index contributed by atoms with van der Waals surface area (Å²) >= 11 is 1.60. The number of aryl methyl sites for hydroxylation is 2. The third-order valence-electron chi connectivity index (χ3n) is 4.87. The molecule has 0 bridgehead atoms. The summed E-state index contributed by atoms with van der Waals surface area (Å²) in [6.07, 6.45) is 5.00. The predicted molar refractivity (Wildman–Crippen MR) is 101 cm³/mol. The molecule has 0 fully saturated rings. The van der Waals surface area contributed by atoms with Crippen molar-refractivity contribution in [2.75, 3.05) is 0 Å². The Labute approximate surface area is 155 Å². The van der Waals surface area contributed by atoms with Crippen LogP contribution in [0.25, 0.3) is 10.2 Å². The van der Waals surface area contributed by atoms with E-state index in [-0.39, 0.29) is 12.2 Å². The van der Waals surface area contributed by atoms with Gasteiger partial charge >= 0.3 is 5.97 Å². The largest absolute Gasteiger partial charge is 0.459 e. The van der Waals surface area contributed by atoms with Crippen molar-refractivity contribution < 1.29 is 9.53 Å². The smallest absolute Gasteiger partial charge is 0.329 e. The van der Waals surface area contributed by atoms with Gasteiger partial charge < -0.3 is 4.74 Å². The molecule has 0 amide bonds. The number of benzene rings is 1. The maximum atomic E-state index is 13.1. The monoisotopic (exact) mass is 368 g/mol. The highest BCUT2D eigenvalue weighted by atomic mass is 32.1. The molecule has 1 unspecified atom stereocenters. The molecule has 3 aromatic rings. The lowest BCUT2D eigenvalue weighted by Crippen LogP contribution is -2.31. The first kappa shape index (κ1) is 17.0. The molecule has 134 valence electrons. The fraction of sp³-hybridized carbons (Fsp3) is 0.350. The third-order valence-corrected chi connectivity index (χ3v) is 6.07. The number of hydrogen-bond donors (Lipinski definition) is 0. The van der Waals surface area contributed by atoms with Crippen molar-refractivity contribution in [3.63, 3.8) is 0 Å². The van der Waals surface area contributed by atoms with Crippen molar-refractivity contribution in [3.8, 4) is 0 Å². The summed E-state index contributed by atoms with van der Waals surface area (Å²) in [6, 6.07) is 8.88. The zero-order valence-corrected chi connectivity index (χ0v) is 15.4. The number of carbonyl (C=O) groups excluding carboxylic acids is 1. The molecule has 0 saturated heterocycles. The molecule has 0 radical (unpaired) electrons.